The van der Waals surface area contributed by atoms with Crippen molar-refractivity contribution in [3.05, 3.63) is 33.0 Å². The Bertz CT molecular complexity index is 401. The molecular formula is C10H10BrClFNO2. The minimum Gasteiger partial charge on any atom is -0.383 e. The Morgan fingerprint density at radius 2 is 2.31 bits per heavy atom. The Hall–Kier alpha value is -0.650. The fraction of sp³-hybridized carbons (Fsp3) is 0.300. The van der Waals surface area contributed by atoms with Crippen molar-refractivity contribution in [3.8, 4) is 0 Å². The quantitative estimate of drug-likeness (QED) is 0.686. The van der Waals surface area contributed by atoms with Crippen LogP contribution in [0.3, 0.4) is 0 Å². The number of hydrogen-bond acceptors (Lipinski definition) is 2. The molecule has 1 aromatic rings. The highest BCUT2D eigenvalue weighted by Gasteiger charge is 2.14. The molecule has 88 valence electrons. The Labute approximate surface area is 106 Å². The number of ether oxygens (including phenoxy) is 1. The largest absolute Gasteiger partial charge is 0.383 e. The van der Waals surface area contributed by atoms with E-state index in [0.29, 0.717) is 17.6 Å². The average molecular weight is 311 g/mol. The summed E-state index contributed by atoms with van der Waals surface area (Å²) in [7, 11) is 1.53. The van der Waals surface area contributed by atoms with Gasteiger partial charge in [-0.3, -0.25) is 4.79 Å². The Balaban J connectivity index is 2.82. The molecule has 1 rings (SSSR count). The number of benzene rings is 1. The highest BCUT2D eigenvalue weighted by molar-refractivity contribution is 9.10. The lowest BCUT2D eigenvalue weighted by molar-refractivity contribution is 0.0936. The molecule has 0 atom stereocenters. The topological polar surface area (TPSA) is 38.3 Å². The van der Waals surface area contributed by atoms with Crippen LogP contribution in [0.15, 0.2) is 16.6 Å². The predicted molar refractivity (Wildman–Crippen MR) is 63.3 cm³/mol. The second kappa shape index (κ2) is 6.18. The highest BCUT2D eigenvalue weighted by Crippen LogP contribution is 2.27. The van der Waals surface area contributed by atoms with Gasteiger partial charge >= 0.3 is 0 Å². The van der Waals surface area contributed by atoms with E-state index >= 15 is 0 Å². The van der Waals surface area contributed by atoms with E-state index in [2.05, 4.69) is 21.2 Å². The summed E-state index contributed by atoms with van der Waals surface area (Å²) in [5.41, 5.74) is 0.102. The van der Waals surface area contributed by atoms with Crippen LogP contribution in [0.2, 0.25) is 5.02 Å². The van der Waals surface area contributed by atoms with Gasteiger partial charge in [-0.2, -0.15) is 0 Å². The lowest BCUT2D eigenvalue weighted by Crippen LogP contribution is -2.27. The smallest absolute Gasteiger partial charge is 0.253 e. The summed E-state index contributed by atoms with van der Waals surface area (Å²) in [6.45, 7) is 0.736. The fourth-order valence-electron chi connectivity index (χ4n) is 1.08. The van der Waals surface area contributed by atoms with Crippen molar-refractivity contribution in [2.24, 2.45) is 0 Å². The molecule has 0 heterocycles. The first-order valence-corrected chi connectivity index (χ1v) is 5.65. The number of amides is 1. The van der Waals surface area contributed by atoms with E-state index < -0.39 is 11.7 Å². The molecule has 1 N–H and O–H groups in total. The van der Waals surface area contributed by atoms with Gasteiger partial charge in [0.1, 0.15) is 5.82 Å². The molecule has 0 fully saturated rings. The first kappa shape index (κ1) is 13.4. The first-order chi connectivity index (χ1) is 7.56. The zero-order valence-electron chi connectivity index (χ0n) is 8.52. The Morgan fingerprint density at radius 3 is 2.94 bits per heavy atom. The second-order valence-corrected chi connectivity index (χ2v) is 4.23. The van der Waals surface area contributed by atoms with Crippen LogP contribution in [0.25, 0.3) is 0 Å². The van der Waals surface area contributed by atoms with Gasteiger partial charge in [-0.25, -0.2) is 4.39 Å². The number of carbonyl (C=O) groups is 1. The van der Waals surface area contributed by atoms with Gasteiger partial charge in [0.2, 0.25) is 0 Å². The van der Waals surface area contributed by atoms with Crippen molar-refractivity contribution in [1.82, 2.24) is 5.32 Å². The molecule has 0 aliphatic heterocycles. The third-order valence-electron chi connectivity index (χ3n) is 1.83. The summed E-state index contributed by atoms with van der Waals surface area (Å²) in [5, 5.41) is 2.75. The summed E-state index contributed by atoms with van der Waals surface area (Å²) < 4.78 is 18.2. The standard InChI is InChI=1S/C10H10BrClFNO2/c1-16-3-2-14-10(15)7-4-6(13)5-8(11)9(7)12/h4-5H,2-3H2,1H3,(H,14,15). The van der Waals surface area contributed by atoms with Crippen LogP contribution in [0.4, 0.5) is 4.39 Å². The molecule has 0 spiro atoms. The van der Waals surface area contributed by atoms with Gasteiger partial charge in [-0.1, -0.05) is 11.6 Å². The zero-order valence-corrected chi connectivity index (χ0v) is 10.9. The molecule has 0 aliphatic carbocycles. The third-order valence-corrected chi connectivity index (χ3v) is 3.09. The monoisotopic (exact) mass is 309 g/mol. The van der Waals surface area contributed by atoms with Gasteiger partial charge in [0.25, 0.3) is 5.91 Å². The molecular weight excluding hydrogens is 300 g/mol. The summed E-state index contributed by atoms with van der Waals surface area (Å²) >= 11 is 8.94. The molecule has 16 heavy (non-hydrogen) atoms. The summed E-state index contributed by atoms with van der Waals surface area (Å²) in [6.07, 6.45) is 0. The van der Waals surface area contributed by atoms with Gasteiger partial charge in [0.15, 0.2) is 0 Å². The van der Waals surface area contributed by atoms with Crippen molar-refractivity contribution in [2.75, 3.05) is 20.3 Å². The number of halogens is 3. The van der Waals surface area contributed by atoms with Crippen molar-refractivity contribution in [3.63, 3.8) is 0 Å². The maximum atomic E-state index is 13.1. The molecule has 3 nitrogen and oxygen atoms in total. The van der Waals surface area contributed by atoms with Crippen LogP contribution in [-0.4, -0.2) is 26.2 Å². The lowest BCUT2D eigenvalue weighted by Gasteiger charge is -2.07. The second-order valence-electron chi connectivity index (χ2n) is 3.00. The zero-order chi connectivity index (χ0) is 12.1. The molecule has 0 unspecified atom stereocenters. The van der Waals surface area contributed by atoms with Gasteiger partial charge in [0, 0.05) is 18.1 Å². The molecule has 1 aromatic carbocycles. The van der Waals surface area contributed by atoms with Crippen LogP contribution >= 0.6 is 27.5 Å². The minimum atomic E-state index is -0.520. The van der Waals surface area contributed by atoms with E-state index in [1.807, 2.05) is 0 Å². The molecule has 0 saturated carbocycles. The number of hydrogen-bond donors (Lipinski definition) is 1. The van der Waals surface area contributed by atoms with Gasteiger partial charge < -0.3 is 10.1 Å². The molecule has 0 aromatic heterocycles. The normalized spacial score (nSPS) is 10.2. The summed E-state index contributed by atoms with van der Waals surface area (Å²) in [6, 6.07) is 2.30. The molecule has 0 radical (unpaired) electrons. The Morgan fingerprint density at radius 1 is 1.62 bits per heavy atom. The van der Waals surface area contributed by atoms with Crippen molar-refractivity contribution < 1.29 is 13.9 Å². The summed E-state index contributed by atoms with van der Waals surface area (Å²) in [4.78, 5) is 11.6. The van der Waals surface area contributed by atoms with E-state index in [-0.39, 0.29) is 10.6 Å². The number of carbonyl (C=O) groups excluding carboxylic acids is 1. The van der Waals surface area contributed by atoms with Crippen LogP contribution in [0.1, 0.15) is 10.4 Å². The molecule has 0 saturated heterocycles. The maximum absolute atomic E-state index is 13.1. The van der Waals surface area contributed by atoms with Crippen LogP contribution < -0.4 is 5.32 Å². The van der Waals surface area contributed by atoms with E-state index in [1.54, 1.807) is 0 Å². The number of nitrogens with one attached hydrogen (secondary N) is 1. The van der Waals surface area contributed by atoms with Crippen LogP contribution in [-0.2, 0) is 4.74 Å². The first-order valence-electron chi connectivity index (χ1n) is 4.48. The number of rotatable bonds is 4. The number of methoxy groups -OCH3 is 1. The van der Waals surface area contributed by atoms with E-state index in [4.69, 9.17) is 16.3 Å². The van der Waals surface area contributed by atoms with E-state index in [1.165, 1.54) is 13.2 Å². The van der Waals surface area contributed by atoms with Crippen molar-refractivity contribution >= 4 is 33.4 Å². The minimum absolute atomic E-state index is 0.102. The summed E-state index contributed by atoms with van der Waals surface area (Å²) in [5.74, 6) is -0.949. The van der Waals surface area contributed by atoms with Gasteiger partial charge in [-0.15, -0.1) is 0 Å². The maximum Gasteiger partial charge on any atom is 0.253 e. The molecule has 6 heteroatoms. The van der Waals surface area contributed by atoms with Crippen LogP contribution in [0.5, 0.6) is 0 Å². The Kier molecular flexibility index (Phi) is 5.18. The van der Waals surface area contributed by atoms with Gasteiger partial charge in [0.05, 0.1) is 17.2 Å². The van der Waals surface area contributed by atoms with E-state index in [0.717, 1.165) is 6.07 Å². The molecule has 1 amide bonds. The van der Waals surface area contributed by atoms with Gasteiger partial charge in [-0.05, 0) is 28.1 Å². The molecule has 0 bridgehead atoms. The van der Waals surface area contributed by atoms with Crippen molar-refractivity contribution in [1.29, 1.82) is 0 Å². The van der Waals surface area contributed by atoms with Crippen molar-refractivity contribution in [2.45, 2.75) is 0 Å². The highest BCUT2D eigenvalue weighted by atomic mass is 79.9. The average Bonchev–Trinajstić information content (AvgIpc) is 2.23. The predicted octanol–water partition coefficient (Wildman–Crippen LogP) is 2.62. The fourth-order valence-corrected chi connectivity index (χ4v) is 1.71. The SMILES string of the molecule is COCCNC(=O)c1cc(F)cc(Br)c1Cl. The van der Waals surface area contributed by atoms with E-state index in [9.17, 15) is 9.18 Å². The molecule has 0 aliphatic rings. The lowest BCUT2D eigenvalue weighted by atomic mass is 10.2. The third kappa shape index (κ3) is 3.43. The van der Waals surface area contributed by atoms with Crippen LogP contribution in [0, 0.1) is 5.82 Å².